The third-order valence-corrected chi connectivity index (χ3v) is 4.39. The Bertz CT molecular complexity index is 359. The second-order valence-electron chi connectivity index (χ2n) is 6.28. The Hall–Kier alpha value is -1.10. The van der Waals surface area contributed by atoms with Crippen molar-refractivity contribution in [3.05, 3.63) is 0 Å². The van der Waals surface area contributed by atoms with Gasteiger partial charge in [0.25, 0.3) is 0 Å². The second-order valence-corrected chi connectivity index (χ2v) is 6.28. The maximum Gasteiger partial charge on any atom is 0.310 e. The minimum atomic E-state index is -0.897. The first-order valence-corrected chi connectivity index (χ1v) is 6.59. The normalized spacial score (nSPS) is 25.8. The van der Waals surface area contributed by atoms with Crippen LogP contribution in [0.15, 0.2) is 0 Å². The Balaban J connectivity index is 1.82. The van der Waals surface area contributed by atoms with E-state index in [0.717, 1.165) is 32.4 Å². The highest BCUT2D eigenvalue weighted by Crippen LogP contribution is 2.58. The van der Waals surface area contributed by atoms with Gasteiger partial charge in [-0.2, -0.15) is 0 Å². The van der Waals surface area contributed by atoms with E-state index < -0.39 is 11.4 Å². The van der Waals surface area contributed by atoms with E-state index in [1.54, 1.807) is 13.8 Å². The summed E-state index contributed by atoms with van der Waals surface area (Å²) in [6.07, 6.45) is 3.09. The molecular formula is C13H22N2O3. The van der Waals surface area contributed by atoms with Gasteiger partial charge in [0.15, 0.2) is 0 Å². The van der Waals surface area contributed by atoms with Crippen LogP contribution >= 0.6 is 0 Å². The first kappa shape index (κ1) is 13.3. The molecule has 2 aliphatic rings. The zero-order valence-corrected chi connectivity index (χ0v) is 11.1. The number of carbonyl (C=O) groups is 2. The Labute approximate surface area is 107 Å². The number of rotatable bonds is 4. The van der Waals surface area contributed by atoms with E-state index in [1.165, 1.54) is 0 Å². The van der Waals surface area contributed by atoms with E-state index in [1.807, 2.05) is 0 Å². The van der Waals surface area contributed by atoms with Crippen molar-refractivity contribution in [3.63, 3.8) is 0 Å². The van der Waals surface area contributed by atoms with Crippen molar-refractivity contribution in [3.8, 4) is 0 Å². The molecule has 5 heteroatoms. The summed E-state index contributed by atoms with van der Waals surface area (Å²) >= 11 is 0. The summed E-state index contributed by atoms with van der Waals surface area (Å²) in [6.45, 7) is 5.44. The highest BCUT2D eigenvalue weighted by molar-refractivity contribution is 5.83. The molecule has 0 aromatic rings. The number of carboxylic acid groups (broad SMARTS) is 1. The molecule has 1 heterocycles. The SMILES string of the molecule is CC(C)(CNC(=O)C1CC12CCNCC2)C(=O)O. The first-order chi connectivity index (χ1) is 8.37. The van der Waals surface area contributed by atoms with Crippen molar-refractivity contribution in [1.82, 2.24) is 10.6 Å². The lowest BCUT2D eigenvalue weighted by Crippen LogP contribution is -2.40. The van der Waals surface area contributed by atoms with Crippen LogP contribution in [0.25, 0.3) is 0 Å². The standard InChI is InChI=1S/C13H22N2O3/c1-12(2,11(17)18)8-15-10(16)9-7-13(9)3-5-14-6-4-13/h9,14H,3-8H2,1-2H3,(H,15,16)(H,17,18). The van der Waals surface area contributed by atoms with Crippen molar-refractivity contribution in [2.45, 2.75) is 33.1 Å². The van der Waals surface area contributed by atoms with Crippen molar-refractivity contribution in [2.24, 2.45) is 16.7 Å². The van der Waals surface area contributed by atoms with Crippen molar-refractivity contribution in [2.75, 3.05) is 19.6 Å². The average Bonchev–Trinajstić information content (AvgIpc) is 3.01. The molecule has 0 aromatic heterocycles. The predicted molar refractivity (Wildman–Crippen MR) is 67.1 cm³/mol. The molecule has 5 nitrogen and oxygen atoms in total. The molecule has 1 saturated carbocycles. The van der Waals surface area contributed by atoms with Crippen molar-refractivity contribution < 1.29 is 14.7 Å². The van der Waals surface area contributed by atoms with E-state index in [0.29, 0.717) is 0 Å². The fraction of sp³-hybridized carbons (Fsp3) is 0.846. The summed E-state index contributed by atoms with van der Waals surface area (Å²) in [6, 6.07) is 0. The van der Waals surface area contributed by atoms with Crippen LogP contribution in [0.1, 0.15) is 33.1 Å². The summed E-state index contributed by atoms with van der Waals surface area (Å²) < 4.78 is 0. The van der Waals surface area contributed by atoms with Gasteiger partial charge in [-0.25, -0.2) is 0 Å². The molecular weight excluding hydrogens is 232 g/mol. The molecule has 3 N–H and O–H groups in total. The van der Waals surface area contributed by atoms with Gasteiger partial charge < -0.3 is 15.7 Å². The van der Waals surface area contributed by atoms with Gasteiger partial charge in [0.05, 0.1) is 5.41 Å². The van der Waals surface area contributed by atoms with Gasteiger partial charge in [-0.05, 0) is 51.6 Å². The number of piperidine rings is 1. The average molecular weight is 254 g/mol. The van der Waals surface area contributed by atoms with Crippen LogP contribution in [-0.2, 0) is 9.59 Å². The molecule has 0 bridgehead atoms. The van der Waals surface area contributed by atoms with E-state index in [2.05, 4.69) is 10.6 Å². The summed E-state index contributed by atoms with van der Waals surface area (Å²) in [5, 5.41) is 15.1. The fourth-order valence-electron chi connectivity index (χ4n) is 2.70. The van der Waals surface area contributed by atoms with Crippen LogP contribution in [0.4, 0.5) is 0 Å². The van der Waals surface area contributed by atoms with E-state index in [-0.39, 0.29) is 23.8 Å². The van der Waals surface area contributed by atoms with E-state index in [9.17, 15) is 9.59 Å². The number of aliphatic carboxylic acids is 1. The molecule has 0 aromatic carbocycles. The molecule has 0 radical (unpaired) electrons. The highest BCUT2D eigenvalue weighted by atomic mass is 16.4. The molecule has 1 aliphatic carbocycles. The van der Waals surface area contributed by atoms with Gasteiger partial charge in [0.2, 0.25) is 5.91 Å². The van der Waals surface area contributed by atoms with Gasteiger partial charge in [0.1, 0.15) is 0 Å². The maximum atomic E-state index is 12.0. The Morgan fingerprint density at radius 3 is 2.56 bits per heavy atom. The fourth-order valence-corrected chi connectivity index (χ4v) is 2.70. The lowest BCUT2D eigenvalue weighted by molar-refractivity contribution is -0.146. The van der Waals surface area contributed by atoms with E-state index in [4.69, 9.17) is 5.11 Å². The summed E-state index contributed by atoms with van der Waals surface area (Å²) in [4.78, 5) is 23.0. The van der Waals surface area contributed by atoms with Gasteiger partial charge >= 0.3 is 5.97 Å². The number of carboxylic acids is 1. The highest BCUT2D eigenvalue weighted by Gasteiger charge is 2.57. The van der Waals surface area contributed by atoms with Crippen LogP contribution in [0.5, 0.6) is 0 Å². The van der Waals surface area contributed by atoms with Gasteiger partial charge in [-0.15, -0.1) is 0 Å². The van der Waals surface area contributed by atoms with Crippen LogP contribution in [0.2, 0.25) is 0 Å². The summed E-state index contributed by atoms with van der Waals surface area (Å²) in [7, 11) is 0. The molecule has 1 aliphatic heterocycles. The van der Waals surface area contributed by atoms with Gasteiger partial charge in [0, 0.05) is 12.5 Å². The molecule has 2 rings (SSSR count). The Kier molecular flexibility index (Phi) is 3.36. The maximum absolute atomic E-state index is 12.0. The third-order valence-electron chi connectivity index (χ3n) is 4.39. The van der Waals surface area contributed by atoms with E-state index >= 15 is 0 Å². The molecule has 1 saturated heterocycles. The Morgan fingerprint density at radius 1 is 1.39 bits per heavy atom. The number of nitrogens with one attached hydrogen (secondary N) is 2. The lowest BCUT2D eigenvalue weighted by Gasteiger charge is -2.24. The number of amides is 1. The monoisotopic (exact) mass is 254 g/mol. The van der Waals surface area contributed by atoms with Gasteiger partial charge in [-0.3, -0.25) is 9.59 Å². The Morgan fingerprint density at radius 2 is 2.00 bits per heavy atom. The van der Waals surface area contributed by atoms with Crippen molar-refractivity contribution >= 4 is 11.9 Å². The summed E-state index contributed by atoms with van der Waals surface area (Å²) in [5.74, 6) is -0.745. The minimum absolute atomic E-state index is 0.0335. The topological polar surface area (TPSA) is 78.4 Å². The van der Waals surface area contributed by atoms with Crippen LogP contribution < -0.4 is 10.6 Å². The number of hydrogen-bond acceptors (Lipinski definition) is 3. The molecule has 1 amide bonds. The first-order valence-electron chi connectivity index (χ1n) is 6.59. The second kappa shape index (κ2) is 4.53. The molecule has 102 valence electrons. The lowest BCUT2D eigenvalue weighted by atomic mass is 9.91. The third kappa shape index (κ3) is 2.51. The van der Waals surface area contributed by atoms with Gasteiger partial charge in [-0.1, -0.05) is 0 Å². The smallest absolute Gasteiger partial charge is 0.310 e. The summed E-state index contributed by atoms with van der Waals surface area (Å²) in [5.41, 5.74) is -0.686. The number of hydrogen-bond donors (Lipinski definition) is 3. The zero-order chi connectivity index (χ0) is 13.4. The molecule has 1 spiro atoms. The minimum Gasteiger partial charge on any atom is -0.481 e. The molecule has 18 heavy (non-hydrogen) atoms. The quantitative estimate of drug-likeness (QED) is 0.686. The van der Waals surface area contributed by atoms with Crippen molar-refractivity contribution in [1.29, 1.82) is 0 Å². The predicted octanol–water partition coefficient (Wildman–Crippen LogP) is 0.603. The molecule has 1 atom stereocenters. The van der Waals surface area contributed by atoms with Crippen LogP contribution in [0.3, 0.4) is 0 Å². The van der Waals surface area contributed by atoms with Crippen LogP contribution in [0, 0.1) is 16.7 Å². The molecule has 2 fully saturated rings. The molecule has 1 unspecified atom stereocenters. The largest absolute Gasteiger partial charge is 0.481 e. The zero-order valence-electron chi connectivity index (χ0n) is 11.1. The van der Waals surface area contributed by atoms with Crippen LogP contribution in [-0.4, -0.2) is 36.6 Å². The number of carbonyl (C=O) groups excluding carboxylic acids is 1.